The molecule has 0 bridgehead atoms. The summed E-state index contributed by atoms with van der Waals surface area (Å²) in [5.74, 6) is 2.32. The average molecular weight is 185 g/mol. The van der Waals surface area contributed by atoms with E-state index in [1.54, 1.807) is 6.08 Å². The summed E-state index contributed by atoms with van der Waals surface area (Å²) < 4.78 is 0. The number of hydrogen-bond acceptors (Lipinski definition) is 1. The van der Waals surface area contributed by atoms with Crippen LogP contribution >= 0.6 is 0 Å². The van der Waals surface area contributed by atoms with Crippen molar-refractivity contribution >= 4 is 5.87 Å². The van der Waals surface area contributed by atoms with Gasteiger partial charge in [0, 0.05) is 6.08 Å². The zero-order chi connectivity index (χ0) is 10.6. The highest BCUT2D eigenvalue weighted by Crippen LogP contribution is 2.28. The maximum absolute atomic E-state index is 6.89. The van der Waals surface area contributed by atoms with Crippen LogP contribution in [0.3, 0.4) is 0 Å². The van der Waals surface area contributed by atoms with Crippen LogP contribution in [0.25, 0.3) is 0 Å². The van der Waals surface area contributed by atoms with Gasteiger partial charge >= 0.3 is 0 Å². The predicted octanol–water partition coefficient (Wildman–Crippen LogP) is 3.56. The molecule has 0 radical (unpaired) electrons. The highest BCUT2D eigenvalue weighted by atomic mass is 14.3. The van der Waals surface area contributed by atoms with Gasteiger partial charge in [-0.15, -0.1) is 5.73 Å². The summed E-state index contributed by atoms with van der Waals surface area (Å²) in [6.07, 6.45) is 5.84. The Balaban J connectivity index is 3.08. The van der Waals surface area contributed by atoms with E-state index in [1.165, 1.54) is 16.7 Å². The van der Waals surface area contributed by atoms with E-state index in [-0.39, 0.29) is 0 Å². The molecule has 1 aliphatic rings. The lowest BCUT2D eigenvalue weighted by atomic mass is 9.89. The first-order valence-corrected chi connectivity index (χ1v) is 4.72. The number of hydrogen-bond donors (Lipinski definition) is 1. The Hall–Kier alpha value is -1.55. The van der Waals surface area contributed by atoms with Crippen molar-refractivity contribution in [2.45, 2.75) is 26.7 Å². The van der Waals surface area contributed by atoms with Gasteiger partial charge < -0.3 is 0 Å². The van der Waals surface area contributed by atoms with E-state index in [0.29, 0.717) is 0 Å². The van der Waals surface area contributed by atoms with Gasteiger partial charge in [0.05, 0.1) is 0 Å². The zero-order valence-electron chi connectivity index (χ0n) is 8.78. The summed E-state index contributed by atoms with van der Waals surface area (Å²) in [4.78, 5) is 0. The summed E-state index contributed by atoms with van der Waals surface area (Å²) in [7, 11) is 0. The molecule has 0 spiro atoms. The summed E-state index contributed by atoms with van der Waals surface area (Å²) in [5.41, 5.74) is 7.83. The lowest BCUT2D eigenvalue weighted by molar-refractivity contribution is 0.916. The van der Waals surface area contributed by atoms with Crippen LogP contribution in [0, 0.1) is 5.41 Å². The third-order valence-electron chi connectivity index (χ3n) is 2.52. The molecule has 0 saturated heterocycles. The normalized spacial score (nSPS) is 15.4. The minimum Gasteiger partial charge on any atom is -0.259 e. The second-order valence-corrected chi connectivity index (χ2v) is 3.47. The van der Waals surface area contributed by atoms with Crippen molar-refractivity contribution in [3.8, 4) is 0 Å². The van der Waals surface area contributed by atoms with Crippen molar-refractivity contribution in [1.82, 2.24) is 0 Å². The Bertz CT molecular complexity index is 395. The van der Waals surface area contributed by atoms with Crippen molar-refractivity contribution < 1.29 is 0 Å². The van der Waals surface area contributed by atoms with E-state index in [1.807, 2.05) is 6.92 Å². The fraction of sp³-hybridized carbons (Fsp3) is 0.308. The molecule has 0 amide bonds. The molecular formula is C13H15N. The standard InChI is InChI=1S/C13H15N/c1-4-10(2)13-6-5-12(7-8-14)9-11(13)3/h7,9,14H,1,5-6H2,2-3H3. The van der Waals surface area contributed by atoms with E-state index in [9.17, 15) is 0 Å². The SMILES string of the molecule is C=C=C(C)C1=C(C)C=C(C=C=N)CC1. The van der Waals surface area contributed by atoms with E-state index in [0.717, 1.165) is 18.4 Å². The number of nitrogens with one attached hydrogen (secondary N) is 1. The lowest BCUT2D eigenvalue weighted by Gasteiger charge is -2.15. The van der Waals surface area contributed by atoms with Crippen molar-refractivity contribution in [2.24, 2.45) is 0 Å². The molecule has 0 unspecified atom stereocenters. The van der Waals surface area contributed by atoms with E-state index in [2.05, 4.69) is 31.2 Å². The molecule has 1 rings (SSSR count). The quantitative estimate of drug-likeness (QED) is 0.502. The van der Waals surface area contributed by atoms with Gasteiger partial charge in [-0.1, -0.05) is 12.7 Å². The van der Waals surface area contributed by atoms with Gasteiger partial charge in [0.1, 0.15) is 0 Å². The Morgan fingerprint density at radius 1 is 1.57 bits per heavy atom. The largest absolute Gasteiger partial charge is 0.259 e. The molecule has 0 atom stereocenters. The topological polar surface area (TPSA) is 23.9 Å². The van der Waals surface area contributed by atoms with Crippen LogP contribution < -0.4 is 0 Å². The molecule has 0 saturated carbocycles. The van der Waals surface area contributed by atoms with Gasteiger partial charge in [0.25, 0.3) is 0 Å². The molecule has 0 fully saturated rings. The molecule has 1 nitrogen and oxygen atoms in total. The molecule has 0 aromatic heterocycles. The Labute approximate surface area is 85.4 Å². The maximum Gasteiger partial charge on any atom is 0.00221 e. The third-order valence-corrected chi connectivity index (χ3v) is 2.52. The van der Waals surface area contributed by atoms with Crippen molar-refractivity contribution in [3.05, 3.63) is 46.8 Å². The first-order chi connectivity index (χ1) is 6.69. The van der Waals surface area contributed by atoms with Gasteiger partial charge in [-0.25, -0.2) is 0 Å². The molecule has 0 heterocycles. The van der Waals surface area contributed by atoms with E-state index < -0.39 is 0 Å². The lowest BCUT2D eigenvalue weighted by Crippen LogP contribution is -1.97. The summed E-state index contributed by atoms with van der Waals surface area (Å²) in [6, 6.07) is 0. The molecule has 0 aromatic carbocycles. The molecule has 1 aliphatic carbocycles. The highest BCUT2D eigenvalue weighted by molar-refractivity contribution is 5.56. The van der Waals surface area contributed by atoms with Gasteiger partial charge in [-0.3, -0.25) is 5.41 Å². The van der Waals surface area contributed by atoms with E-state index >= 15 is 0 Å². The second-order valence-electron chi connectivity index (χ2n) is 3.47. The Kier molecular flexibility index (Phi) is 3.48. The predicted molar refractivity (Wildman–Crippen MR) is 60.6 cm³/mol. The molecule has 0 aliphatic heterocycles. The first kappa shape index (κ1) is 10.5. The van der Waals surface area contributed by atoms with Crippen LogP contribution in [0.4, 0.5) is 0 Å². The summed E-state index contributed by atoms with van der Waals surface area (Å²) >= 11 is 0. The smallest absolute Gasteiger partial charge is 0.00221 e. The van der Waals surface area contributed by atoms with Crippen LogP contribution in [0.5, 0.6) is 0 Å². The first-order valence-electron chi connectivity index (χ1n) is 4.72. The third kappa shape index (κ3) is 2.23. The van der Waals surface area contributed by atoms with Gasteiger partial charge in [-0.2, -0.15) is 0 Å². The minimum absolute atomic E-state index is 0.984. The van der Waals surface area contributed by atoms with Crippen molar-refractivity contribution in [1.29, 1.82) is 5.41 Å². The second kappa shape index (κ2) is 4.62. The fourth-order valence-electron chi connectivity index (χ4n) is 1.70. The van der Waals surface area contributed by atoms with Crippen LogP contribution in [-0.2, 0) is 0 Å². The zero-order valence-corrected chi connectivity index (χ0v) is 8.78. The fourth-order valence-corrected chi connectivity index (χ4v) is 1.70. The average Bonchev–Trinajstić information content (AvgIpc) is 2.17. The highest BCUT2D eigenvalue weighted by Gasteiger charge is 2.10. The summed E-state index contributed by atoms with van der Waals surface area (Å²) in [6.45, 7) is 7.79. The molecule has 0 aromatic rings. The molecule has 1 heteroatoms. The summed E-state index contributed by atoms with van der Waals surface area (Å²) in [5, 5.41) is 6.89. The number of allylic oxidation sites excluding steroid dienone is 6. The molecule has 1 N–H and O–H groups in total. The van der Waals surface area contributed by atoms with Crippen LogP contribution in [0.2, 0.25) is 0 Å². The van der Waals surface area contributed by atoms with Crippen LogP contribution in [0.1, 0.15) is 26.7 Å². The minimum atomic E-state index is 0.984. The van der Waals surface area contributed by atoms with Crippen molar-refractivity contribution in [2.75, 3.05) is 0 Å². The monoisotopic (exact) mass is 185 g/mol. The van der Waals surface area contributed by atoms with Crippen LogP contribution in [0.15, 0.2) is 46.8 Å². The molecule has 14 heavy (non-hydrogen) atoms. The number of rotatable bonds is 2. The van der Waals surface area contributed by atoms with Gasteiger partial charge in [0.15, 0.2) is 0 Å². The van der Waals surface area contributed by atoms with Crippen LogP contribution in [-0.4, -0.2) is 5.87 Å². The van der Waals surface area contributed by atoms with Gasteiger partial charge in [-0.05, 0) is 54.9 Å². The Morgan fingerprint density at radius 3 is 2.79 bits per heavy atom. The Morgan fingerprint density at radius 2 is 2.29 bits per heavy atom. The van der Waals surface area contributed by atoms with E-state index in [4.69, 9.17) is 5.41 Å². The molecule has 72 valence electrons. The van der Waals surface area contributed by atoms with Gasteiger partial charge in [0.2, 0.25) is 0 Å². The van der Waals surface area contributed by atoms with Crippen molar-refractivity contribution in [3.63, 3.8) is 0 Å². The maximum atomic E-state index is 6.89. The molecular weight excluding hydrogens is 170 g/mol.